The lowest BCUT2D eigenvalue weighted by atomic mass is 10.1. The van der Waals surface area contributed by atoms with E-state index in [4.69, 9.17) is 18.0 Å². The molecular formula is C11H18N2S3. The predicted molar refractivity (Wildman–Crippen MR) is 78.5 cm³/mol. The first kappa shape index (κ1) is 13.9. The van der Waals surface area contributed by atoms with Crippen LogP contribution in [0.25, 0.3) is 0 Å². The number of thiocarbonyl (C=S) groups is 1. The smallest absolute Gasteiger partial charge is 0.116 e. The lowest BCUT2D eigenvalue weighted by Gasteiger charge is -2.02. The van der Waals surface area contributed by atoms with Gasteiger partial charge in [0.05, 0.1) is 10.6 Å². The fourth-order valence-corrected chi connectivity index (χ4v) is 3.32. The third-order valence-electron chi connectivity index (χ3n) is 2.01. The molecule has 1 heterocycles. The quantitative estimate of drug-likeness (QED) is 0.834. The van der Waals surface area contributed by atoms with E-state index in [0.29, 0.717) is 16.2 Å². The number of hydrogen-bond acceptors (Lipinski definition) is 4. The summed E-state index contributed by atoms with van der Waals surface area (Å²) in [7, 11) is 0. The molecule has 2 N–H and O–H groups in total. The van der Waals surface area contributed by atoms with Crippen molar-refractivity contribution in [3.63, 3.8) is 0 Å². The Morgan fingerprint density at radius 2 is 2.06 bits per heavy atom. The van der Waals surface area contributed by atoms with Gasteiger partial charge in [0, 0.05) is 5.75 Å². The van der Waals surface area contributed by atoms with E-state index in [2.05, 4.69) is 32.7 Å². The summed E-state index contributed by atoms with van der Waals surface area (Å²) in [6.07, 6.45) is 0. The van der Waals surface area contributed by atoms with E-state index in [9.17, 15) is 0 Å². The summed E-state index contributed by atoms with van der Waals surface area (Å²) < 4.78 is 0. The largest absolute Gasteiger partial charge is 0.389 e. The van der Waals surface area contributed by atoms with Crippen LogP contribution in [0.4, 0.5) is 0 Å². The summed E-state index contributed by atoms with van der Waals surface area (Å²) in [6, 6.07) is 0. The molecule has 90 valence electrons. The second kappa shape index (κ2) is 5.98. The van der Waals surface area contributed by atoms with E-state index >= 15 is 0 Å². The van der Waals surface area contributed by atoms with Crippen molar-refractivity contribution in [2.24, 2.45) is 5.73 Å². The van der Waals surface area contributed by atoms with E-state index < -0.39 is 0 Å². The molecule has 16 heavy (non-hydrogen) atoms. The molecule has 0 aliphatic rings. The SMILES string of the molecule is CC(C)SCc1nc(C(C)C)c(C(N)=S)s1. The number of thiazole rings is 1. The van der Waals surface area contributed by atoms with Crippen molar-refractivity contribution in [1.29, 1.82) is 0 Å². The van der Waals surface area contributed by atoms with Gasteiger partial charge in [-0.05, 0) is 11.2 Å². The number of rotatable bonds is 5. The fourth-order valence-electron chi connectivity index (χ4n) is 1.25. The molecule has 0 unspecified atom stereocenters. The standard InChI is InChI=1S/C11H18N2S3/c1-6(2)9-10(11(12)14)16-8(13-9)5-15-7(3)4/h6-7H,5H2,1-4H3,(H2,12,14). The fraction of sp³-hybridized carbons (Fsp3) is 0.636. The number of nitrogens with zero attached hydrogens (tertiary/aromatic N) is 1. The average molecular weight is 274 g/mol. The number of thioether (sulfide) groups is 1. The number of hydrogen-bond donors (Lipinski definition) is 1. The van der Waals surface area contributed by atoms with Crippen molar-refractivity contribution < 1.29 is 0 Å². The Morgan fingerprint density at radius 1 is 1.44 bits per heavy atom. The summed E-state index contributed by atoms with van der Waals surface area (Å²) in [4.78, 5) is 6.10. The molecule has 1 aromatic rings. The van der Waals surface area contributed by atoms with Gasteiger partial charge in [0.15, 0.2) is 0 Å². The molecule has 0 aliphatic heterocycles. The van der Waals surface area contributed by atoms with Crippen LogP contribution in [0.5, 0.6) is 0 Å². The summed E-state index contributed by atoms with van der Waals surface area (Å²) >= 11 is 8.59. The van der Waals surface area contributed by atoms with Crippen molar-refractivity contribution in [3.05, 3.63) is 15.6 Å². The molecule has 0 bridgehead atoms. The van der Waals surface area contributed by atoms with Crippen LogP contribution < -0.4 is 5.73 Å². The molecule has 0 saturated carbocycles. The summed E-state index contributed by atoms with van der Waals surface area (Å²) in [5, 5.41) is 1.75. The summed E-state index contributed by atoms with van der Waals surface area (Å²) in [6.45, 7) is 8.62. The molecular weight excluding hydrogens is 256 g/mol. The van der Waals surface area contributed by atoms with E-state index in [1.54, 1.807) is 11.3 Å². The monoisotopic (exact) mass is 274 g/mol. The lowest BCUT2D eigenvalue weighted by Crippen LogP contribution is -2.10. The third kappa shape index (κ3) is 3.71. The van der Waals surface area contributed by atoms with Crippen LogP contribution in [0.2, 0.25) is 0 Å². The molecule has 1 rings (SSSR count). The Balaban J connectivity index is 2.88. The van der Waals surface area contributed by atoms with Gasteiger partial charge in [0.2, 0.25) is 0 Å². The molecule has 1 aromatic heterocycles. The lowest BCUT2D eigenvalue weighted by molar-refractivity contribution is 0.826. The molecule has 0 fully saturated rings. The molecule has 0 aromatic carbocycles. The molecule has 0 atom stereocenters. The highest BCUT2D eigenvalue weighted by Gasteiger charge is 2.16. The van der Waals surface area contributed by atoms with Gasteiger partial charge in [-0.2, -0.15) is 11.8 Å². The molecule has 0 amide bonds. The van der Waals surface area contributed by atoms with Crippen LogP contribution in [0.15, 0.2) is 0 Å². The van der Waals surface area contributed by atoms with Crippen LogP contribution in [0, 0.1) is 0 Å². The first-order chi connectivity index (χ1) is 7.41. The van der Waals surface area contributed by atoms with Gasteiger partial charge < -0.3 is 5.73 Å². The molecule has 0 spiro atoms. The third-order valence-corrected chi connectivity index (χ3v) is 4.74. The number of nitrogens with two attached hydrogens (primary N) is 1. The van der Waals surface area contributed by atoms with Gasteiger partial charge in [0.25, 0.3) is 0 Å². The van der Waals surface area contributed by atoms with Crippen molar-refractivity contribution in [2.45, 2.75) is 44.6 Å². The maximum atomic E-state index is 5.72. The van der Waals surface area contributed by atoms with Crippen LogP contribution in [0.3, 0.4) is 0 Å². The summed E-state index contributed by atoms with van der Waals surface area (Å²) in [5.74, 6) is 1.33. The molecule has 5 heteroatoms. The zero-order valence-electron chi connectivity index (χ0n) is 10.1. The van der Waals surface area contributed by atoms with Crippen molar-refractivity contribution in [1.82, 2.24) is 4.98 Å². The predicted octanol–water partition coefficient (Wildman–Crippen LogP) is 3.54. The number of aromatic nitrogens is 1. The topological polar surface area (TPSA) is 38.9 Å². The Labute approximate surface area is 111 Å². The van der Waals surface area contributed by atoms with Gasteiger partial charge in [0.1, 0.15) is 10.00 Å². The van der Waals surface area contributed by atoms with E-state index in [-0.39, 0.29) is 0 Å². The van der Waals surface area contributed by atoms with Crippen molar-refractivity contribution >= 4 is 40.3 Å². The molecule has 0 aliphatic carbocycles. The Kier molecular flexibility index (Phi) is 5.21. The normalized spacial score (nSPS) is 11.4. The Morgan fingerprint density at radius 3 is 2.44 bits per heavy atom. The Bertz CT molecular complexity index is 369. The molecule has 0 radical (unpaired) electrons. The minimum atomic E-state index is 0.380. The first-order valence-corrected chi connectivity index (χ1v) is 7.60. The Hall–Kier alpha value is -0.130. The van der Waals surface area contributed by atoms with Gasteiger partial charge in [-0.1, -0.05) is 39.9 Å². The van der Waals surface area contributed by atoms with Gasteiger partial charge in [-0.25, -0.2) is 4.98 Å². The van der Waals surface area contributed by atoms with Crippen molar-refractivity contribution in [2.75, 3.05) is 0 Å². The molecule has 0 saturated heterocycles. The van der Waals surface area contributed by atoms with Gasteiger partial charge >= 0.3 is 0 Å². The highest BCUT2D eigenvalue weighted by Crippen LogP contribution is 2.28. The van der Waals surface area contributed by atoms with E-state index in [1.165, 1.54) is 0 Å². The minimum absolute atomic E-state index is 0.380. The first-order valence-electron chi connectivity index (χ1n) is 5.32. The second-order valence-corrected chi connectivity index (χ2v) is 7.29. The van der Waals surface area contributed by atoms with Crippen molar-refractivity contribution in [3.8, 4) is 0 Å². The highest BCUT2D eigenvalue weighted by atomic mass is 32.2. The average Bonchev–Trinajstić information content (AvgIpc) is 2.58. The second-order valence-electron chi connectivity index (χ2n) is 4.20. The highest BCUT2D eigenvalue weighted by molar-refractivity contribution is 7.99. The maximum absolute atomic E-state index is 5.72. The van der Waals surface area contributed by atoms with Crippen LogP contribution in [-0.4, -0.2) is 15.2 Å². The van der Waals surface area contributed by atoms with Crippen LogP contribution >= 0.6 is 35.3 Å². The molecule has 2 nitrogen and oxygen atoms in total. The zero-order chi connectivity index (χ0) is 12.3. The van der Waals surface area contributed by atoms with Gasteiger partial charge in [-0.15, -0.1) is 11.3 Å². The van der Waals surface area contributed by atoms with Crippen LogP contribution in [-0.2, 0) is 5.75 Å². The summed E-state index contributed by atoms with van der Waals surface area (Å²) in [5.41, 5.74) is 6.77. The van der Waals surface area contributed by atoms with Gasteiger partial charge in [-0.3, -0.25) is 0 Å². The van der Waals surface area contributed by atoms with E-state index in [1.807, 2.05) is 11.8 Å². The van der Waals surface area contributed by atoms with E-state index in [0.717, 1.165) is 21.3 Å². The zero-order valence-corrected chi connectivity index (χ0v) is 12.6. The van der Waals surface area contributed by atoms with Crippen LogP contribution in [0.1, 0.15) is 49.2 Å². The maximum Gasteiger partial charge on any atom is 0.116 e. The minimum Gasteiger partial charge on any atom is -0.389 e.